The van der Waals surface area contributed by atoms with Gasteiger partial charge >= 0.3 is 0 Å². The maximum Gasteiger partial charge on any atom is 0.267 e. The van der Waals surface area contributed by atoms with Crippen LogP contribution in [0.3, 0.4) is 0 Å². The number of aryl methyl sites for hydroxylation is 1. The topological polar surface area (TPSA) is 64.4 Å². The number of amides is 1. The standard InChI is InChI=1S/C15H16F2N2O3/c1-4-11-8(2)19-22-15(11)18-14(20)9(3)21-13-6-5-10(16)7-12(13)17/h5-7,9H,4H2,1-3H3,(H,18,20). The average molecular weight is 310 g/mol. The van der Waals surface area contributed by atoms with Gasteiger partial charge in [-0.3, -0.25) is 10.1 Å². The normalized spacial score (nSPS) is 12.0. The van der Waals surface area contributed by atoms with E-state index in [1.54, 1.807) is 6.92 Å². The van der Waals surface area contributed by atoms with Crippen molar-refractivity contribution >= 4 is 11.8 Å². The zero-order valence-corrected chi connectivity index (χ0v) is 12.4. The largest absolute Gasteiger partial charge is 0.478 e. The van der Waals surface area contributed by atoms with E-state index in [4.69, 9.17) is 9.26 Å². The number of benzene rings is 1. The number of carbonyl (C=O) groups is 1. The zero-order valence-electron chi connectivity index (χ0n) is 12.4. The summed E-state index contributed by atoms with van der Waals surface area (Å²) < 4.78 is 36.6. The molecule has 0 radical (unpaired) electrons. The van der Waals surface area contributed by atoms with Crippen molar-refractivity contribution < 1.29 is 22.8 Å². The molecule has 1 heterocycles. The smallest absolute Gasteiger partial charge is 0.267 e. The highest BCUT2D eigenvalue weighted by atomic mass is 19.1. The first-order valence-electron chi connectivity index (χ1n) is 6.80. The van der Waals surface area contributed by atoms with Crippen molar-refractivity contribution in [1.82, 2.24) is 5.16 Å². The van der Waals surface area contributed by atoms with Crippen molar-refractivity contribution in [2.75, 3.05) is 5.32 Å². The molecule has 0 aliphatic rings. The van der Waals surface area contributed by atoms with E-state index < -0.39 is 23.6 Å². The van der Waals surface area contributed by atoms with Crippen LogP contribution in [0.15, 0.2) is 22.7 Å². The molecule has 118 valence electrons. The first kappa shape index (κ1) is 15.9. The van der Waals surface area contributed by atoms with Crippen LogP contribution < -0.4 is 10.1 Å². The van der Waals surface area contributed by atoms with Gasteiger partial charge < -0.3 is 9.26 Å². The predicted octanol–water partition coefficient (Wildman–Crippen LogP) is 3.23. The number of hydrogen-bond donors (Lipinski definition) is 1. The summed E-state index contributed by atoms with van der Waals surface area (Å²) in [4.78, 5) is 12.1. The highest BCUT2D eigenvalue weighted by molar-refractivity contribution is 5.93. The van der Waals surface area contributed by atoms with E-state index in [-0.39, 0.29) is 11.6 Å². The Morgan fingerprint density at radius 2 is 2.18 bits per heavy atom. The molecule has 0 saturated carbocycles. The Balaban J connectivity index is 2.06. The molecule has 7 heteroatoms. The van der Waals surface area contributed by atoms with E-state index in [1.165, 1.54) is 6.92 Å². The van der Waals surface area contributed by atoms with Crippen molar-refractivity contribution in [1.29, 1.82) is 0 Å². The van der Waals surface area contributed by atoms with Crippen LogP contribution in [0.2, 0.25) is 0 Å². The molecule has 1 aromatic heterocycles. The van der Waals surface area contributed by atoms with Crippen molar-refractivity contribution in [2.45, 2.75) is 33.3 Å². The Hall–Kier alpha value is -2.44. The van der Waals surface area contributed by atoms with Gasteiger partial charge in [-0.25, -0.2) is 8.78 Å². The Kier molecular flexibility index (Phi) is 4.75. The Morgan fingerprint density at radius 1 is 1.45 bits per heavy atom. The fourth-order valence-electron chi connectivity index (χ4n) is 1.93. The highest BCUT2D eigenvalue weighted by Gasteiger charge is 2.20. The fraction of sp³-hybridized carbons (Fsp3) is 0.333. The number of aromatic nitrogens is 1. The van der Waals surface area contributed by atoms with Gasteiger partial charge in [0.1, 0.15) is 5.82 Å². The number of hydrogen-bond acceptors (Lipinski definition) is 4. The lowest BCUT2D eigenvalue weighted by molar-refractivity contribution is -0.122. The Labute approximate surface area is 126 Å². The maximum absolute atomic E-state index is 13.5. The molecule has 1 aromatic carbocycles. The number of anilines is 1. The van der Waals surface area contributed by atoms with Crippen LogP contribution in [0.5, 0.6) is 5.75 Å². The van der Waals surface area contributed by atoms with Crippen LogP contribution in [-0.4, -0.2) is 17.2 Å². The molecule has 5 nitrogen and oxygen atoms in total. The first-order chi connectivity index (χ1) is 10.4. The van der Waals surface area contributed by atoms with Gasteiger partial charge in [0.2, 0.25) is 5.88 Å². The van der Waals surface area contributed by atoms with Crippen LogP contribution >= 0.6 is 0 Å². The van der Waals surface area contributed by atoms with Gasteiger partial charge in [-0.1, -0.05) is 12.1 Å². The number of carbonyl (C=O) groups excluding carboxylic acids is 1. The van der Waals surface area contributed by atoms with Crippen LogP contribution in [0.4, 0.5) is 14.7 Å². The van der Waals surface area contributed by atoms with E-state index in [9.17, 15) is 13.6 Å². The minimum Gasteiger partial charge on any atom is -0.478 e. The summed E-state index contributed by atoms with van der Waals surface area (Å²) in [7, 11) is 0. The second kappa shape index (κ2) is 6.55. The predicted molar refractivity (Wildman–Crippen MR) is 75.7 cm³/mol. The van der Waals surface area contributed by atoms with Gasteiger partial charge in [0.25, 0.3) is 5.91 Å². The summed E-state index contributed by atoms with van der Waals surface area (Å²) in [6.07, 6.45) is -0.345. The molecule has 1 N–H and O–H groups in total. The Morgan fingerprint density at radius 3 is 2.82 bits per heavy atom. The quantitative estimate of drug-likeness (QED) is 0.921. The molecule has 0 spiro atoms. The monoisotopic (exact) mass is 310 g/mol. The van der Waals surface area contributed by atoms with Gasteiger partial charge in [0, 0.05) is 11.6 Å². The summed E-state index contributed by atoms with van der Waals surface area (Å²) in [6, 6.07) is 2.87. The summed E-state index contributed by atoms with van der Waals surface area (Å²) in [5.41, 5.74) is 1.48. The summed E-state index contributed by atoms with van der Waals surface area (Å²) in [6.45, 7) is 5.13. The van der Waals surface area contributed by atoms with E-state index in [0.29, 0.717) is 18.2 Å². The summed E-state index contributed by atoms with van der Waals surface area (Å²) >= 11 is 0. The lowest BCUT2D eigenvalue weighted by Gasteiger charge is -2.14. The van der Waals surface area contributed by atoms with Gasteiger partial charge in [0.05, 0.1) is 5.69 Å². The fourth-order valence-corrected chi connectivity index (χ4v) is 1.93. The molecule has 0 bridgehead atoms. The number of nitrogens with zero attached hydrogens (tertiary/aromatic N) is 1. The van der Waals surface area contributed by atoms with Crippen LogP contribution in [0.1, 0.15) is 25.1 Å². The molecule has 0 saturated heterocycles. The summed E-state index contributed by atoms with van der Waals surface area (Å²) in [5, 5.41) is 6.32. The third kappa shape index (κ3) is 3.41. The van der Waals surface area contributed by atoms with Gasteiger partial charge in [0.15, 0.2) is 17.7 Å². The van der Waals surface area contributed by atoms with Gasteiger partial charge in [-0.2, -0.15) is 0 Å². The molecular weight excluding hydrogens is 294 g/mol. The van der Waals surface area contributed by atoms with Crippen LogP contribution in [0.25, 0.3) is 0 Å². The van der Waals surface area contributed by atoms with E-state index in [0.717, 1.165) is 17.7 Å². The third-order valence-electron chi connectivity index (χ3n) is 3.14. The molecule has 22 heavy (non-hydrogen) atoms. The van der Waals surface area contributed by atoms with Gasteiger partial charge in [-0.05, 0) is 32.4 Å². The second-order valence-electron chi connectivity index (χ2n) is 4.75. The molecule has 1 amide bonds. The lowest BCUT2D eigenvalue weighted by atomic mass is 10.2. The lowest BCUT2D eigenvalue weighted by Crippen LogP contribution is -2.30. The van der Waals surface area contributed by atoms with E-state index >= 15 is 0 Å². The zero-order chi connectivity index (χ0) is 16.3. The number of halogens is 2. The number of ether oxygens (including phenoxy) is 1. The van der Waals surface area contributed by atoms with Crippen LogP contribution in [0, 0.1) is 18.6 Å². The minimum atomic E-state index is -0.991. The molecule has 0 fully saturated rings. The molecule has 1 atom stereocenters. The maximum atomic E-state index is 13.5. The van der Waals surface area contributed by atoms with Crippen molar-refractivity contribution in [2.24, 2.45) is 0 Å². The molecule has 2 rings (SSSR count). The highest BCUT2D eigenvalue weighted by Crippen LogP contribution is 2.22. The van der Waals surface area contributed by atoms with E-state index in [1.807, 2.05) is 6.92 Å². The second-order valence-corrected chi connectivity index (χ2v) is 4.75. The molecule has 0 aliphatic carbocycles. The van der Waals surface area contributed by atoms with Crippen molar-refractivity contribution in [3.63, 3.8) is 0 Å². The van der Waals surface area contributed by atoms with Gasteiger partial charge in [-0.15, -0.1) is 0 Å². The third-order valence-corrected chi connectivity index (χ3v) is 3.14. The summed E-state index contributed by atoms with van der Waals surface area (Å²) in [5.74, 6) is -2.06. The minimum absolute atomic E-state index is 0.200. The Bertz CT molecular complexity index is 685. The molecular formula is C15H16F2N2O3. The number of nitrogens with one attached hydrogen (secondary N) is 1. The average Bonchev–Trinajstić information content (AvgIpc) is 2.81. The molecule has 0 aliphatic heterocycles. The van der Waals surface area contributed by atoms with Crippen molar-refractivity contribution in [3.05, 3.63) is 41.1 Å². The van der Waals surface area contributed by atoms with E-state index in [2.05, 4.69) is 10.5 Å². The molecule has 1 unspecified atom stereocenters. The molecule has 2 aromatic rings. The van der Waals surface area contributed by atoms with Crippen molar-refractivity contribution in [3.8, 4) is 5.75 Å². The first-order valence-corrected chi connectivity index (χ1v) is 6.80. The SMILES string of the molecule is CCc1c(C)noc1NC(=O)C(C)Oc1ccc(F)cc1F. The number of rotatable bonds is 5. The van der Waals surface area contributed by atoms with Crippen LogP contribution in [-0.2, 0) is 11.2 Å².